The molecule has 0 radical (unpaired) electrons. The molecule has 0 bridgehead atoms. The molecule has 3 heterocycles. The van der Waals surface area contributed by atoms with Gasteiger partial charge in [0, 0.05) is 25.7 Å². The Labute approximate surface area is 133 Å². The highest BCUT2D eigenvalue weighted by Gasteiger charge is 2.27. The van der Waals surface area contributed by atoms with Crippen LogP contribution in [0.25, 0.3) is 11.2 Å². The van der Waals surface area contributed by atoms with Gasteiger partial charge in [-0.15, -0.1) is 11.6 Å². The highest BCUT2D eigenvalue weighted by atomic mass is 35.5. The number of hydrogen-bond acceptors (Lipinski definition) is 5. The van der Waals surface area contributed by atoms with E-state index < -0.39 is 0 Å². The molecule has 0 aliphatic carbocycles. The fourth-order valence-corrected chi connectivity index (χ4v) is 3.25. The van der Waals surface area contributed by atoms with Crippen molar-refractivity contribution in [3.05, 3.63) is 12.7 Å². The Morgan fingerprint density at radius 3 is 2.86 bits per heavy atom. The van der Waals surface area contributed by atoms with E-state index in [9.17, 15) is 4.79 Å². The van der Waals surface area contributed by atoms with Gasteiger partial charge in [-0.2, -0.15) is 0 Å². The van der Waals surface area contributed by atoms with Gasteiger partial charge in [0.25, 0.3) is 0 Å². The van der Waals surface area contributed by atoms with Gasteiger partial charge in [0.2, 0.25) is 5.91 Å². The molecular weight excluding hydrogens is 304 g/mol. The molecule has 2 aromatic rings. The average molecular weight is 323 g/mol. The van der Waals surface area contributed by atoms with Crippen molar-refractivity contribution in [2.24, 2.45) is 0 Å². The highest BCUT2D eigenvalue weighted by molar-refractivity contribution is 6.27. The predicted octanol–water partition coefficient (Wildman–Crippen LogP) is 1.41. The molecule has 1 aliphatic rings. The van der Waals surface area contributed by atoms with E-state index in [2.05, 4.69) is 24.8 Å². The number of halogens is 1. The predicted molar refractivity (Wildman–Crippen MR) is 85.0 cm³/mol. The first kappa shape index (κ1) is 15.0. The number of nitrogens with one attached hydrogen (secondary N) is 1. The lowest BCUT2D eigenvalue weighted by molar-refractivity contribution is -0.130. The Kier molecular flexibility index (Phi) is 4.42. The number of aromatic nitrogens is 4. The van der Waals surface area contributed by atoms with Crippen molar-refractivity contribution in [3.63, 3.8) is 0 Å². The Bertz CT molecular complexity index is 652. The molecule has 1 fully saturated rings. The standard InChI is InChI=1S/C14H19ClN6O/c1-2-21(11(22)7-15)10-3-5-20(6-4-10)14-12-13(17-8-16-12)18-9-19-14/h8-10H,2-7H2,1H3,(H,16,17,18,19). The molecular formula is C14H19ClN6O. The van der Waals surface area contributed by atoms with Gasteiger partial charge in [-0.25, -0.2) is 15.0 Å². The van der Waals surface area contributed by atoms with Crippen LogP contribution in [0.4, 0.5) is 5.82 Å². The van der Waals surface area contributed by atoms with Crippen molar-refractivity contribution in [2.75, 3.05) is 30.4 Å². The maximum Gasteiger partial charge on any atom is 0.237 e. The average Bonchev–Trinajstić information content (AvgIpc) is 3.04. The van der Waals surface area contributed by atoms with E-state index in [0.29, 0.717) is 12.2 Å². The van der Waals surface area contributed by atoms with E-state index in [1.54, 1.807) is 12.7 Å². The van der Waals surface area contributed by atoms with Crippen LogP contribution in [-0.2, 0) is 4.79 Å². The number of carbonyl (C=O) groups excluding carboxylic acids is 1. The van der Waals surface area contributed by atoms with Gasteiger partial charge in [0.1, 0.15) is 17.7 Å². The first-order valence-corrected chi connectivity index (χ1v) is 8.02. The molecule has 8 heteroatoms. The van der Waals surface area contributed by atoms with Crippen LogP contribution in [0.1, 0.15) is 19.8 Å². The number of rotatable bonds is 4. The number of H-pyrrole nitrogens is 1. The van der Waals surface area contributed by atoms with Crippen LogP contribution in [0.3, 0.4) is 0 Å². The summed E-state index contributed by atoms with van der Waals surface area (Å²) in [5, 5.41) is 0. The van der Waals surface area contributed by atoms with Gasteiger partial charge in [0.15, 0.2) is 11.5 Å². The number of hydrogen-bond donors (Lipinski definition) is 1. The third kappa shape index (κ3) is 2.72. The molecule has 0 saturated carbocycles. The Hall–Kier alpha value is -1.89. The van der Waals surface area contributed by atoms with Crippen molar-refractivity contribution in [2.45, 2.75) is 25.8 Å². The molecule has 1 aliphatic heterocycles. The number of nitrogens with zero attached hydrogens (tertiary/aromatic N) is 5. The second-order valence-electron chi connectivity index (χ2n) is 5.33. The van der Waals surface area contributed by atoms with E-state index in [-0.39, 0.29) is 17.8 Å². The Balaban J connectivity index is 1.71. The minimum Gasteiger partial charge on any atom is -0.355 e. The highest BCUT2D eigenvalue weighted by Crippen LogP contribution is 2.25. The molecule has 0 unspecified atom stereocenters. The summed E-state index contributed by atoms with van der Waals surface area (Å²) in [5.74, 6) is 0.947. The fraction of sp³-hybridized carbons (Fsp3) is 0.571. The first-order chi connectivity index (χ1) is 10.7. The Morgan fingerprint density at radius 2 is 2.18 bits per heavy atom. The van der Waals surface area contributed by atoms with Crippen LogP contribution in [0.5, 0.6) is 0 Å². The maximum absolute atomic E-state index is 11.9. The summed E-state index contributed by atoms with van der Waals surface area (Å²) in [5.41, 5.74) is 1.55. The van der Waals surface area contributed by atoms with Crippen LogP contribution in [-0.4, -0.2) is 62.3 Å². The second kappa shape index (κ2) is 6.48. The first-order valence-electron chi connectivity index (χ1n) is 7.49. The molecule has 0 atom stereocenters. The molecule has 1 saturated heterocycles. The second-order valence-corrected chi connectivity index (χ2v) is 5.60. The maximum atomic E-state index is 11.9. The molecule has 1 N–H and O–H groups in total. The molecule has 7 nitrogen and oxygen atoms in total. The lowest BCUT2D eigenvalue weighted by atomic mass is 10.0. The molecule has 0 spiro atoms. The number of alkyl halides is 1. The minimum absolute atomic E-state index is 0.0145. The summed E-state index contributed by atoms with van der Waals surface area (Å²) in [4.78, 5) is 31.8. The zero-order chi connectivity index (χ0) is 15.5. The zero-order valence-corrected chi connectivity index (χ0v) is 13.3. The van der Waals surface area contributed by atoms with E-state index in [1.807, 2.05) is 11.8 Å². The van der Waals surface area contributed by atoms with E-state index in [4.69, 9.17) is 11.6 Å². The fourth-order valence-electron chi connectivity index (χ4n) is 3.10. The molecule has 1 amide bonds. The largest absolute Gasteiger partial charge is 0.355 e. The monoisotopic (exact) mass is 322 g/mol. The van der Waals surface area contributed by atoms with Crippen LogP contribution in [0.15, 0.2) is 12.7 Å². The summed E-state index contributed by atoms with van der Waals surface area (Å²) in [6, 6.07) is 0.256. The molecule has 3 rings (SSSR count). The van der Waals surface area contributed by atoms with Gasteiger partial charge in [-0.1, -0.05) is 0 Å². The van der Waals surface area contributed by atoms with Crippen LogP contribution < -0.4 is 4.90 Å². The molecule has 118 valence electrons. The molecule has 22 heavy (non-hydrogen) atoms. The summed E-state index contributed by atoms with van der Waals surface area (Å²) in [6.45, 7) is 4.40. The number of carbonyl (C=O) groups is 1. The van der Waals surface area contributed by atoms with E-state index in [0.717, 1.165) is 37.3 Å². The van der Waals surface area contributed by atoms with Crippen molar-refractivity contribution in [1.82, 2.24) is 24.8 Å². The van der Waals surface area contributed by atoms with E-state index >= 15 is 0 Å². The van der Waals surface area contributed by atoms with Crippen molar-refractivity contribution in [1.29, 1.82) is 0 Å². The van der Waals surface area contributed by atoms with Crippen LogP contribution in [0, 0.1) is 0 Å². The third-order valence-electron chi connectivity index (χ3n) is 4.18. The van der Waals surface area contributed by atoms with Crippen LogP contribution >= 0.6 is 11.6 Å². The normalized spacial score (nSPS) is 16.2. The number of imidazole rings is 1. The number of fused-ring (bicyclic) bond motifs is 1. The lowest BCUT2D eigenvalue weighted by Gasteiger charge is -2.38. The summed E-state index contributed by atoms with van der Waals surface area (Å²) < 4.78 is 0. The van der Waals surface area contributed by atoms with Crippen molar-refractivity contribution >= 4 is 34.5 Å². The van der Waals surface area contributed by atoms with Gasteiger partial charge in [-0.3, -0.25) is 4.79 Å². The van der Waals surface area contributed by atoms with Gasteiger partial charge < -0.3 is 14.8 Å². The SMILES string of the molecule is CCN(C(=O)CCl)C1CCN(c2ncnc3nc[nH]c23)CC1. The van der Waals surface area contributed by atoms with Crippen LogP contribution in [0.2, 0.25) is 0 Å². The topological polar surface area (TPSA) is 78.0 Å². The van der Waals surface area contributed by atoms with Gasteiger partial charge in [0.05, 0.1) is 6.33 Å². The third-order valence-corrected chi connectivity index (χ3v) is 4.41. The molecule has 2 aromatic heterocycles. The minimum atomic E-state index is 0.0145. The number of piperidine rings is 1. The summed E-state index contributed by atoms with van der Waals surface area (Å²) in [6.07, 6.45) is 5.00. The number of amides is 1. The quantitative estimate of drug-likeness (QED) is 0.861. The lowest BCUT2D eigenvalue weighted by Crippen LogP contribution is -2.48. The molecule has 0 aromatic carbocycles. The summed E-state index contributed by atoms with van der Waals surface area (Å²) >= 11 is 5.69. The van der Waals surface area contributed by atoms with Crippen molar-refractivity contribution in [3.8, 4) is 0 Å². The summed E-state index contributed by atoms with van der Waals surface area (Å²) in [7, 11) is 0. The number of anilines is 1. The smallest absolute Gasteiger partial charge is 0.237 e. The van der Waals surface area contributed by atoms with Crippen molar-refractivity contribution < 1.29 is 4.79 Å². The van der Waals surface area contributed by atoms with Gasteiger partial charge >= 0.3 is 0 Å². The van der Waals surface area contributed by atoms with Gasteiger partial charge in [-0.05, 0) is 19.8 Å². The van der Waals surface area contributed by atoms with E-state index in [1.165, 1.54) is 0 Å². The zero-order valence-electron chi connectivity index (χ0n) is 12.5. The number of aromatic amines is 1. The Morgan fingerprint density at radius 1 is 1.41 bits per heavy atom.